The molecule has 4 heteroatoms. The van der Waals surface area contributed by atoms with E-state index in [1.165, 1.54) is 12.8 Å². The third-order valence-corrected chi connectivity index (χ3v) is 3.81. The highest BCUT2D eigenvalue weighted by Gasteiger charge is 2.25. The Labute approximate surface area is 104 Å². The molecule has 98 valence electrons. The van der Waals surface area contributed by atoms with Crippen LogP contribution in [0.15, 0.2) is 0 Å². The van der Waals surface area contributed by atoms with Gasteiger partial charge >= 0.3 is 6.03 Å². The summed E-state index contributed by atoms with van der Waals surface area (Å²) >= 11 is 0. The minimum Gasteiger partial charge on any atom is -0.378 e. The number of urea groups is 1. The molecular weight excluding hydrogens is 216 g/mol. The van der Waals surface area contributed by atoms with Gasteiger partial charge in [0, 0.05) is 25.7 Å². The number of carbonyl (C=O) groups is 1. The molecule has 1 saturated heterocycles. The number of ether oxygens (including phenoxy) is 1. The summed E-state index contributed by atoms with van der Waals surface area (Å²) < 4.78 is 5.59. The molecule has 0 spiro atoms. The van der Waals surface area contributed by atoms with Gasteiger partial charge in [0.15, 0.2) is 0 Å². The van der Waals surface area contributed by atoms with Crippen molar-refractivity contribution in [2.45, 2.75) is 57.6 Å². The second-order valence-corrected chi connectivity index (χ2v) is 5.07. The third kappa shape index (κ3) is 3.60. The third-order valence-electron chi connectivity index (χ3n) is 3.81. The van der Waals surface area contributed by atoms with Crippen LogP contribution >= 0.6 is 0 Å². The molecule has 1 aliphatic carbocycles. The average molecular weight is 240 g/mol. The summed E-state index contributed by atoms with van der Waals surface area (Å²) in [5, 5.41) is 3.14. The quantitative estimate of drug-likeness (QED) is 0.821. The maximum Gasteiger partial charge on any atom is 0.317 e. The van der Waals surface area contributed by atoms with Crippen LogP contribution < -0.4 is 5.32 Å². The van der Waals surface area contributed by atoms with E-state index < -0.39 is 0 Å². The number of hydrogen-bond acceptors (Lipinski definition) is 2. The molecule has 2 aliphatic rings. The Bertz CT molecular complexity index is 244. The lowest BCUT2D eigenvalue weighted by Crippen LogP contribution is -2.48. The van der Waals surface area contributed by atoms with Gasteiger partial charge in [0.25, 0.3) is 0 Å². The molecule has 0 bridgehead atoms. The summed E-state index contributed by atoms with van der Waals surface area (Å²) in [6, 6.07) is 0.555. The fourth-order valence-corrected chi connectivity index (χ4v) is 2.80. The van der Waals surface area contributed by atoms with Gasteiger partial charge in [-0.3, -0.25) is 0 Å². The zero-order valence-electron chi connectivity index (χ0n) is 10.8. The van der Waals surface area contributed by atoms with Crippen LogP contribution in [0.25, 0.3) is 0 Å². The summed E-state index contributed by atoms with van der Waals surface area (Å²) in [5.74, 6) is 0. The summed E-state index contributed by atoms with van der Waals surface area (Å²) in [6.45, 7) is 4.48. The van der Waals surface area contributed by atoms with Crippen molar-refractivity contribution in [2.75, 3.05) is 19.7 Å². The van der Waals surface area contributed by atoms with Gasteiger partial charge in [-0.25, -0.2) is 4.79 Å². The van der Waals surface area contributed by atoms with Crippen molar-refractivity contribution in [3.05, 3.63) is 0 Å². The van der Waals surface area contributed by atoms with Crippen LogP contribution in [-0.4, -0.2) is 42.8 Å². The monoisotopic (exact) mass is 240 g/mol. The maximum atomic E-state index is 12.0. The first kappa shape index (κ1) is 12.7. The second-order valence-electron chi connectivity index (χ2n) is 5.07. The predicted molar refractivity (Wildman–Crippen MR) is 67.0 cm³/mol. The zero-order valence-corrected chi connectivity index (χ0v) is 10.8. The first-order valence-electron chi connectivity index (χ1n) is 6.96. The van der Waals surface area contributed by atoms with E-state index in [9.17, 15) is 4.79 Å². The Balaban J connectivity index is 1.70. The van der Waals surface area contributed by atoms with Gasteiger partial charge in [0.1, 0.15) is 0 Å². The number of nitrogens with one attached hydrogen (secondary N) is 1. The van der Waals surface area contributed by atoms with Crippen LogP contribution in [0.2, 0.25) is 0 Å². The van der Waals surface area contributed by atoms with Crippen LogP contribution in [-0.2, 0) is 4.74 Å². The van der Waals surface area contributed by atoms with Crippen molar-refractivity contribution in [1.29, 1.82) is 0 Å². The molecule has 4 nitrogen and oxygen atoms in total. The van der Waals surface area contributed by atoms with Gasteiger partial charge < -0.3 is 15.0 Å². The molecule has 1 heterocycles. The lowest BCUT2D eigenvalue weighted by atomic mass is 10.1. The molecule has 17 heavy (non-hydrogen) atoms. The van der Waals surface area contributed by atoms with Crippen molar-refractivity contribution in [2.24, 2.45) is 0 Å². The van der Waals surface area contributed by atoms with Gasteiger partial charge in [-0.1, -0.05) is 12.8 Å². The SMILES string of the molecule is CCOC1CCN(C(=O)NC2CCCC2)CC1. The fraction of sp³-hybridized carbons (Fsp3) is 0.923. The van der Waals surface area contributed by atoms with Crippen molar-refractivity contribution >= 4 is 6.03 Å². The van der Waals surface area contributed by atoms with Gasteiger partial charge in [0.05, 0.1) is 6.10 Å². The summed E-state index contributed by atoms with van der Waals surface area (Å²) in [5.41, 5.74) is 0. The molecule has 0 aromatic rings. The molecule has 2 fully saturated rings. The average Bonchev–Trinajstić information content (AvgIpc) is 2.83. The number of amides is 2. The van der Waals surface area contributed by atoms with E-state index in [1.54, 1.807) is 0 Å². The molecule has 1 aliphatic heterocycles. The van der Waals surface area contributed by atoms with Gasteiger partial charge in [-0.2, -0.15) is 0 Å². The second kappa shape index (κ2) is 6.24. The topological polar surface area (TPSA) is 41.6 Å². The lowest BCUT2D eigenvalue weighted by molar-refractivity contribution is 0.0218. The van der Waals surface area contributed by atoms with Crippen LogP contribution in [0.5, 0.6) is 0 Å². The Morgan fingerprint density at radius 3 is 2.47 bits per heavy atom. The van der Waals surface area contributed by atoms with E-state index >= 15 is 0 Å². The first-order valence-corrected chi connectivity index (χ1v) is 6.96. The van der Waals surface area contributed by atoms with Crippen LogP contribution in [0.1, 0.15) is 45.4 Å². The minimum absolute atomic E-state index is 0.131. The van der Waals surface area contributed by atoms with E-state index in [4.69, 9.17) is 4.74 Å². The summed E-state index contributed by atoms with van der Waals surface area (Å²) in [7, 11) is 0. The summed E-state index contributed by atoms with van der Waals surface area (Å²) in [4.78, 5) is 13.9. The highest BCUT2D eigenvalue weighted by molar-refractivity contribution is 5.74. The molecule has 0 aromatic heterocycles. The molecule has 2 rings (SSSR count). The van der Waals surface area contributed by atoms with Crippen LogP contribution in [0.4, 0.5) is 4.79 Å². The smallest absolute Gasteiger partial charge is 0.317 e. The van der Waals surface area contributed by atoms with Crippen molar-refractivity contribution in [3.63, 3.8) is 0 Å². The van der Waals surface area contributed by atoms with E-state index in [-0.39, 0.29) is 6.03 Å². The molecule has 0 atom stereocenters. The van der Waals surface area contributed by atoms with Crippen LogP contribution in [0, 0.1) is 0 Å². The Hall–Kier alpha value is -0.770. The number of likely N-dealkylation sites (tertiary alicyclic amines) is 1. The lowest BCUT2D eigenvalue weighted by Gasteiger charge is -2.32. The number of rotatable bonds is 3. The van der Waals surface area contributed by atoms with Crippen molar-refractivity contribution < 1.29 is 9.53 Å². The Morgan fingerprint density at radius 2 is 1.88 bits per heavy atom. The van der Waals surface area contributed by atoms with E-state index in [2.05, 4.69) is 5.32 Å². The van der Waals surface area contributed by atoms with Crippen LogP contribution in [0.3, 0.4) is 0 Å². The van der Waals surface area contributed by atoms with Gasteiger partial charge in [-0.15, -0.1) is 0 Å². The van der Waals surface area contributed by atoms with E-state index in [0.717, 1.165) is 45.4 Å². The summed E-state index contributed by atoms with van der Waals surface area (Å²) in [6.07, 6.45) is 7.14. The fourth-order valence-electron chi connectivity index (χ4n) is 2.80. The molecule has 1 N–H and O–H groups in total. The molecule has 2 amide bonds. The Morgan fingerprint density at radius 1 is 1.24 bits per heavy atom. The molecule has 0 radical (unpaired) electrons. The highest BCUT2D eigenvalue weighted by atomic mass is 16.5. The molecule has 0 unspecified atom stereocenters. The number of piperidine rings is 1. The standard InChI is InChI=1S/C13H24N2O2/c1-2-17-12-7-9-15(10-8-12)13(16)14-11-5-3-4-6-11/h11-12H,2-10H2,1H3,(H,14,16). The first-order chi connectivity index (χ1) is 8.29. The van der Waals surface area contributed by atoms with Crippen molar-refractivity contribution in [3.8, 4) is 0 Å². The molecule has 1 saturated carbocycles. The maximum absolute atomic E-state index is 12.0. The number of hydrogen-bond donors (Lipinski definition) is 1. The number of nitrogens with zero attached hydrogens (tertiary/aromatic N) is 1. The van der Waals surface area contributed by atoms with E-state index in [0.29, 0.717) is 12.1 Å². The zero-order chi connectivity index (χ0) is 12.1. The predicted octanol–water partition coefficient (Wildman–Crippen LogP) is 2.14. The largest absolute Gasteiger partial charge is 0.378 e. The minimum atomic E-state index is 0.131. The highest BCUT2D eigenvalue weighted by Crippen LogP contribution is 2.19. The van der Waals surface area contributed by atoms with E-state index in [1.807, 2.05) is 11.8 Å². The number of carbonyl (C=O) groups excluding carboxylic acids is 1. The van der Waals surface area contributed by atoms with Gasteiger partial charge in [-0.05, 0) is 32.6 Å². The molecular formula is C13H24N2O2. The molecule has 0 aromatic carbocycles. The van der Waals surface area contributed by atoms with Gasteiger partial charge in [0.2, 0.25) is 0 Å². The van der Waals surface area contributed by atoms with Crippen molar-refractivity contribution in [1.82, 2.24) is 10.2 Å². The Kier molecular flexibility index (Phi) is 4.66. The normalized spacial score (nSPS) is 23.0.